The van der Waals surface area contributed by atoms with Crippen molar-refractivity contribution in [2.75, 3.05) is 7.11 Å². The first-order valence-corrected chi connectivity index (χ1v) is 10.1. The van der Waals surface area contributed by atoms with Crippen LogP contribution in [-0.4, -0.2) is 28.9 Å². The van der Waals surface area contributed by atoms with Gasteiger partial charge < -0.3 is 15.4 Å². The predicted molar refractivity (Wildman–Crippen MR) is 115 cm³/mol. The molecule has 1 aliphatic rings. The summed E-state index contributed by atoms with van der Waals surface area (Å²) in [6.07, 6.45) is 0. The van der Waals surface area contributed by atoms with E-state index in [4.69, 9.17) is 10.00 Å². The SMILES string of the molecule is COc1c(C(=O)NCc2ccc(C(C)NC(=O)[C@@H]3[C@H](C#N)C3(C)C)cc2)[nH]c(=O)[nH]c1=O. The molecule has 168 valence electrons. The maximum Gasteiger partial charge on any atom is 0.326 e. The van der Waals surface area contributed by atoms with Gasteiger partial charge in [0, 0.05) is 6.54 Å². The summed E-state index contributed by atoms with van der Waals surface area (Å²) in [7, 11) is 1.23. The number of benzene rings is 1. The van der Waals surface area contributed by atoms with Gasteiger partial charge in [0.15, 0.2) is 5.69 Å². The van der Waals surface area contributed by atoms with Crippen LogP contribution in [0.5, 0.6) is 5.75 Å². The third kappa shape index (κ3) is 4.42. The van der Waals surface area contributed by atoms with Gasteiger partial charge in [-0.1, -0.05) is 38.1 Å². The average Bonchev–Trinajstić information content (AvgIpc) is 3.32. The highest BCUT2D eigenvalue weighted by Gasteiger charge is 2.62. The lowest BCUT2D eigenvalue weighted by atomic mass is 10.0. The fourth-order valence-corrected chi connectivity index (χ4v) is 3.78. The highest BCUT2D eigenvalue weighted by Crippen LogP contribution is 2.57. The van der Waals surface area contributed by atoms with Crippen molar-refractivity contribution >= 4 is 11.8 Å². The Morgan fingerprint density at radius 1 is 1.22 bits per heavy atom. The van der Waals surface area contributed by atoms with Gasteiger partial charge in [0.1, 0.15) is 0 Å². The zero-order chi connectivity index (χ0) is 23.6. The second kappa shape index (κ2) is 8.70. The van der Waals surface area contributed by atoms with E-state index in [0.29, 0.717) is 0 Å². The van der Waals surface area contributed by atoms with Crippen LogP contribution in [0.25, 0.3) is 0 Å². The summed E-state index contributed by atoms with van der Waals surface area (Å²) < 4.78 is 4.90. The van der Waals surface area contributed by atoms with Crippen molar-refractivity contribution in [3.05, 3.63) is 61.9 Å². The van der Waals surface area contributed by atoms with Crippen LogP contribution in [0, 0.1) is 28.6 Å². The van der Waals surface area contributed by atoms with Crippen molar-refractivity contribution in [1.29, 1.82) is 5.26 Å². The van der Waals surface area contributed by atoms with Gasteiger partial charge in [-0.2, -0.15) is 5.26 Å². The van der Waals surface area contributed by atoms with Crippen LogP contribution in [0.15, 0.2) is 33.9 Å². The Balaban J connectivity index is 1.60. The van der Waals surface area contributed by atoms with Gasteiger partial charge in [-0.05, 0) is 23.5 Å². The van der Waals surface area contributed by atoms with Gasteiger partial charge >= 0.3 is 5.69 Å². The second-order valence-corrected chi connectivity index (χ2v) is 8.38. The number of aromatic nitrogens is 2. The maximum absolute atomic E-state index is 12.5. The number of H-pyrrole nitrogens is 2. The van der Waals surface area contributed by atoms with E-state index in [1.807, 2.05) is 37.9 Å². The summed E-state index contributed by atoms with van der Waals surface area (Å²) in [5.74, 6) is -1.65. The van der Waals surface area contributed by atoms with E-state index in [0.717, 1.165) is 11.1 Å². The van der Waals surface area contributed by atoms with Crippen LogP contribution >= 0.6 is 0 Å². The molecule has 1 heterocycles. The largest absolute Gasteiger partial charge is 0.489 e. The molecular formula is C22H25N5O5. The molecule has 1 aromatic heterocycles. The molecule has 10 heteroatoms. The van der Waals surface area contributed by atoms with Gasteiger partial charge in [0.2, 0.25) is 11.7 Å². The minimum absolute atomic E-state index is 0.133. The molecule has 0 aliphatic heterocycles. The Labute approximate surface area is 184 Å². The number of hydrogen-bond donors (Lipinski definition) is 4. The average molecular weight is 439 g/mol. The summed E-state index contributed by atoms with van der Waals surface area (Å²) in [6, 6.07) is 9.22. The number of nitriles is 1. The van der Waals surface area contributed by atoms with Crippen molar-refractivity contribution in [2.24, 2.45) is 17.3 Å². The molecule has 4 N–H and O–H groups in total. The van der Waals surface area contributed by atoms with E-state index in [-0.39, 0.29) is 47.2 Å². The topological polar surface area (TPSA) is 157 Å². The van der Waals surface area contributed by atoms with E-state index in [9.17, 15) is 19.2 Å². The number of aromatic amines is 2. The highest BCUT2D eigenvalue weighted by atomic mass is 16.5. The number of carbonyl (C=O) groups is 2. The fraction of sp³-hybridized carbons (Fsp3) is 0.409. The first kappa shape index (κ1) is 22.8. The minimum Gasteiger partial charge on any atom is -0.489 e. The van der Waals surface area contributed by atoms with Crippen LogP contribution in [0.3, 0.4) is 0 Å². The first-order valence-electron chi connectivity index (χ1n) is 10.1. The summed E-state index contributed by atoms with van der Waals surface area (Å²) >= 11 is 0. The van der Waals surface area contributed by atoms with E-state index in [1.165, 1.54) is 7.11 Å². The lowest BCUT2D eigenvalue weighted by Crippen LogP contribution is -2.32. The molecule has 0 bridgehead atoms. The monoisotopic (exact) mass is 439 g/mol. The smallest absolute Gasteiger partial charge is 0.326 e. The lowest BCUT2D eigenvalue weighted by Gasteiger charge is -2.15. The van der Waals surface area contributed by atoms with Crippen molar-refractivity contribution in [2.45, 2.75) is 33.4 Å². The summed E-state index contributed by atoms with van der Waals surface area (Å²) in [5, 5.41) is 14.7. The summed E-state index contributed by atoms with van der Waals surface area (Å²) in [5.41, 5.74) is -0.514. The molecule has 10 nitrogen and oxygen atoms in total. The standard InChI is InChI=1S/C22H25N5O5/c1-11(25-18(28)15-14(9-23)22(15,2)3)13-7-5-12(6-8-13)10-24-19(29)16-17(32-4)20(30)27-21(31)26-16/h5-8,11,14-15H,10H2,1-4H3,(H,24,29)(H,25,28)(H2,26,27,30,31)/t11?,14-,15-/m0/s1. The molecule has 1 unspecified atom stereocenters. The molecule has 3 atom stereocenters. The molecule has 3 rings (SSSR count). The Morgan fingerprint density at radius 2 is 1.88 bits per heavy atom. The third-order valence-corrected chi connectivity index (χ3v) is 5.87. The number of rotatable bonds is 7. The molecule has 0 spiro atoms. The fourth-order valence-electron chi connectivity index (χ4n) is 3.78. The first-order chi connectivity index (χ1) is 15.1. The third-order valence-electron chi connectivity index (χ3n) is 5.87. The number of hydrogen-bond acceptors (Lipinski definition) is 6. The van der Waals surface area contributed by atoms with Crippen molar-refractivity contribution in [1.82, 2.24) is 20.6 Å². The Bertz CT molecular complexity index is 1190. The summed E-state index contributed by atoms with van der Waals surface area (Å²) in [4.78, 5) is 52.3. The quantitative estimate of drug-likeness (QED) is 0.503. The number of nitrogens with one attached hydrogen (secondary N) is 4. The van der Waals surface area contributed by atoms with Crippen LogP contribution in [0.4, 0.5) is 0 Å². The van der Waals surface area contributed by atoms with Crippen molar-refractivity contribution in [3.8, 4) is 11.8 Å². The van der Waals surface area contributed by atoms with Crippen LogP contribution < -0.4 is 26.6 Å². The number of nitrogens with zero attached hydrogens (tertiary/aromatic N) is 1. The molecule has 0 saturated heterocycles. The van der Waals surface area contributed by atoms with Gasteiger partial charge in [0.05, 0.1) is 31.1 Å². The molecule has 1 aromatic carbocycles. The van der Waals surface area contributed by atoms with Crippen LogP contribution in [0.2, 0.25) is 0 Å². The van der Waals surface area contributed by atoms with Gasteiger partial charge in [-0.25, -0.2) is 4.79 Å². The van der Waals surface area contributed by atoms with E-state index >= 15 is 0 Å². The number of ether oxygens (including phenoxy) is 1. The van der Waals surface area contributed by atoms with Crippen molar-refractivity contribution in [3.63, 3.8) is 0 Å². The molecule has 1 aliphatic carbocycles. The Morgan fingerprint density at radius 3 is 2.44 bits per heavy atom. The van der Waals surface area contributed by atoms with Gasteiger partial charge in [0.25, 0.3) is 11.5 Å². The molecule has 2 amide bonds. The van der Waals surface area contributed by atoms with E-state index in [2.05, 4.69) is 21.7 Å². The van der Waals surface area contributed by atoms with Gasteiger partial charge in [-0.3, -0.25) is 24.4 Å². The molecule has 32 heavy (non-hydrogen) atoms. The van der Waals surface area contributed by atoms with Crippen LogP contribution in [0.1, 0.15) is 48.4 Å². The Kier molecular flexibility index (Phi) is 6.20. The highest BCUT2D eigenvalue weighted by molar-refractivity contribution is 5.94. The zero-order valence-electron chi connectivity index (χ0n) is 18.2. The Hall–Kier alpha value is -3.87. The number of carbonyl (C=O) groups excluding carboxylic acids is 2. The van der Waals surface area contributed by atoms with Gasteiger partial charge in [-0.15, -0.1) is 0 Å². The molecule has 1 fully saturated rings. The second-order valence-electron chi connectivity index (χ2n) is 8.38. The van der Waals surface area contributed by atoms with Crippen LogP contribution in [-0.2, 0) is 11.3 Å². The molecule has 0 radical (unpaired) electrons. The molecular weight excluding hydrogens is 414 g/mol. The predicted octanol–water partition coefficient (Wildman–Crippen LogP) is 0.975. The number of methoxy groups -OCH3 is 1. The molecule has 1 saturated carbocycles. The summed E-state index contributed by atoms with van der Waals surface area (Å²) in [6.45, 7) is 5.84. The van der Waals surface area contributed by atoms with Crippen molar-refractivity contribution < 1.29 is 14.3 Å². The minimum atomic E-state index is -0.808. The maximum atomic E-state index is 12.5. The zero-order valence-corrected chi connectivity index (χ0v) is 18.2. The van der Waals surface area contributed by atoms with E-state index in [1.54, 1.807) is 12.1 Å². The number of amides is 2. The normalized spacial score (nSPS) is 19.3. The lowest BCUT2D eigenvalue weighted by molar-refractivity contribution is -0.123. The van der Waals surface area contributed by atoms with E-state index < -0.39 is 17.2 Å². The molecule has 2 aromatic rings.